The molecule has 0 amide bonds. The van der Waals surface area contributed by atoms with Crippen molar-refractivity contribution in [2.24, 2.45) is 22.2 Å². The van der Waals surface area contributed by atoms with Crippen LogP contribution in [0.1, 0.15) is 147 Å². The molecule has 4 nitrogen and oxygen atoms in total. The van der Waals surface area contributed by atoms with Gasteiger partial charge in [-0.05, 0) is 74.0 Å². The van der Waals surface area contributed by atoms with Crippen molar-refractivity contribution in [1.29, 1.82) is 0 Å². The Kier molecular flexibility index (Phi) is 14.6. The molecule has 1 aromatic heterocycles. The fourth-order valence-electron chi connectivity index (χ4n) is 7.94. The maximum Gasteiger partial charge on any atom is 0.164 e. The van der Waals surface area contributed by atoms with Crippen LogP contribution in [0, 0.1) is 35.2 Å². The van der Waals surface area contributed by atoms with E-state index in [9.17, 15) is 9.90 Å². The number of fused-ring (bicyclic) bond motifs is 6. The molecule has 293 valence electrons. The van der Waals surface area contributed by atoms with Gasteiger partial charge in [0.1, 0.15) is 5.76 Å². The first-order valence-corrected chi connectivity index (χ1v) is 21.5. The van der Waals surface area contributed by atoms with Crippen molar-refractivity contribution in [3.63, 3.8) is 0 Å². The molecule has 3 aliphatic rings. The minimum absolute atomic E-state index is 0. The van der Waals surface area contributed by atoms with Crippen molar-refractivity contribution < 1.29 is 30.0 Å². The summed E-state index contributed by atoms with van der Waals surface area (Å²) in [5.41, 5.74) is 6.70. The van der Waals surface area contributed by atoms with E-state index < -0.39 is 0 Å². The molecule has 2 N–H and O–H groups in total. The Balaban J connectivity index is 0.000000299. The van der Waals surface area contributed by atoms with Crippen LogP contribution in [0.25, 0.3) is 15.4 Å². The number of aryl methyl sites for hydroxylation is 1. The standard InChI is InChI=1S/C31H36N2S2.C15H28O2.Ir/c1-17(2)13-25-18(3)26-24(34-25)12-11-22-28-30(35-29(22)26)27(32-16-33-28)20-14-19-9-7-8-10-21(19)23(15-20)31(4,5)6;1-7-14(5,8-2)12(16)11-13(17)15(6,9-3)10-4;/h7-12,17,23,27-28,30,33H,13,15-16H2,1-6H3;11,16H,7-10H2,1-6H3;/q-2;;/b;12-11-;. The van der Waals surface area contributed by atoms with E-state index >= 15 is 0 Å². The number of thioether (sulfide) groups is 1. The van der Waals surface area contributed by atoms with Crippen LogP contribution in [0.4, 0.5) is 0 Å². The Bertz CT molecular complexity index is 1810. The number of aliphatic hydroxyl groups is 1. The molecule has 1 aliphatic carbocycles. The van der Waals surface area contributed by atoms with E-state index in [2.05, 4.69) is 101 Å². The molecule has 2 aliphatic heterocycles. The molecule has 4 unspecified atom stereocenters. The topological polar surface area (TPSA) is 63.4 Å². The number of nitrogens with zero attached hydrogens (tertiary/aromatic N) is 1. The summed E-state index contributed by atoms with van der Waals surface area (Å²) in [5.74, 6) is 1.47. The SMILES string of the molecule is CCC(C)(CC)C(=O)/C=C(\O)C(C)(CC)CC.Cc1c(CC(C)C)sc2ccc3c(c12)SC1C(C2=[C-]c4ccccc4C(C(C)(C)C)C2)[N-]CNC31.[Ir]. The maximum atomic E-state index is 12.2. The smallest absolute Gasteiger partial charge is 0.164 e. The van der Waals surface area contributed by atoms with Crippen LogP contribution < -0.4 is 5.32 Å². The Morgan fingerprint density at radius 2 is 1.62 bits per heavy atom. The average Bonchev–Trinajstić information content (AvgIpc) is 3.66. The Morgan fingerprint density at radius 3 is 2.23 bits per heavy atom. The second kappa shape index (κ2) is 17.6. The number of carbonyl (C=O) groups excluding carboxylic acids is 1. The average molecular weight is 933 g/mol. The van der Waals surface area contributed by atoms with Gasteiger partial charge in [0.25, 0.3) is 0 Å². The number of rotatable bonds is 10. The van der Waals surface area contributed by atoms with Gasteiger partial charge >= 0.3 is 0 Å². The first-order chi connectivity index (χ1) is 24.5. The minimum Gasteiger partial charge on any atom is -0.644 e. The maximum absolute atomic E-state index is 12.2. The monoisotopic (exact) mass is 933 g/mol. The molecule has 0 spiro atoms. The van der Waals surface area contributed by atoms with Crippen LogP contribution in [-0.4, -0.2) is 28.9 Å². The third-order valence-electron chi connectivity index (χ3n) is 12.7. The van der Waals surface area contributed by atoms with Crippen molar-refractivity contribution in [3.05, 3.63) is 92.3 Å². The molecule has 1 saturated heterocycles. The van der Waals surface area contributed by atoms with Gasteiger partial charge in [0.15, 0.2) is 5.78 Å². The summed E-state index contributed by atoms with van der Waals surface area (Å²) in [7, 11) is 0. The van der Waals surface area contributed by atoms with Crippen LogP contribution in [-0.2, 0) is 31.3 Å². The van der Waals surface area contributed by atoms with Crippen molar-refractivity contribution in [2.45, 2.75) is 150 Å². The van der Waals surface area contributed by atoms with Crippen molar-refractivity contribution >= 4 is 39.0 Å². The molecule has 0 saturated carbocycles. The summed E-state index contributed by atoms with van der Waals surface area (Å²) in [6.45, 7) is 26.9. The summed E-state index contributed by atoms with van der Waals surface area (Å²) in [5, 5.41) is 21.0. The zero-order valence-electron chi connectivity index (χ0n) is 34.3. The molecule has 0 bridgehead atoms. The molecule has 6 rings (SSSR count). The van der Waals surface area contributed by atoms with Gasteiger partial charge < -0.3 is 15.7 Å². The number of thiophene rings is 1. The number of ketones is 1. The van der Waals surface area contributed by atoms with Crippen LogP contribution >= 0.6 is 23.1 Å². The van der Waals surface area contributed by atoms with Crippen molar-refractivity contribution in [1.82, 2.24) is 5.32 Å². The van der Waals surface area contributed by atoms with E-state index in [1.165, 1.54) is 55.3 Å². The molecule has 3 heterocycles. The van der Waals surface area contributed by atoms with E-state index in [1.807, 2.05) is 52.9 Å². The molecule has 3 aromatic rings. The Hall–Kier alpha value is -1.73. The van der Waals surface area contributed by atoms with Gasteiger partial charge in [0, 0.05) is 68.2 Å². The Morgan fingerprint density at radius 1 is 0.981 bits per heavy atom. The van der Waals surface area contributed by atoms with Crippen molar-refractivity contribution in [3.8, 4) is 0 Å². The summed E-state index contributed by atoms with van der Waals surface area (Å²) in [6.07, 6.45) is 10.8. The van der Waals surface area contributed by atoms with E-state index in [0.29, 0.717) is 23.1 Å². The number of benzene rings is 2. The first kappa shape index (κ1) is 44.0. The van der Waals surface area contributed by atoms with Crippen molar-refractivity contribution in [2.75, 3.05) is 6.67 Å². The first-order valence-electron chi connectivity index (χ1n) is 19.8. The molecule has 1 fully saturated rings. The fraction of sp³-hybridized carbons (Fsp3) is 0.587. The van der Waals surface area contributed by atoms with Crippen LogP contribution in [0.2, 0.25) is 0 Å². The van der Waals surface area contributed by atoms with Gasteiger partial charge in [-0.2, -0.15) is 17.7 Å². The zero-order valence-corrected chi connectivity index (χ0v) is 38.4. The fourth-order valence-corrected chi connectivity index (χ4v) is 11.2. The molecule has 4 atom stereocenters. The largest absolute Gasteiger partial charge is 0.644 e. The van der Waals surface area contributed by atoms with Crippen LogP contribution in [0.5, 0.6) is 0 Å². The number of nitrogens with one attached hydrogen (secondary N) is 1. The van der Waals surface area contributed by atoms with Gasteiger partial charge in [0.05, 0.1) is 0 Å². The molecule has 2 aromatic carbocycles. The number of carbonyl (C=O) groups is 1. The van der Waals surface area contributed by atoms with Crippen LogP contribution in [0.3, 0.4) is 0 Å². The Labute approximate surface area is 343 Å². The molecule has 1 radical (unpaired) electrons. The second-order valence-electron chi connectivity index (χ2n) is 17.4. The predicted octanol–water partition coefficient (Wildman–Crippen LogP) is 13.2. The van der Waals surface area contributed by atoms with Gasteiger partial charge in [-0.1, -0.05) is 101 Å². The normalized spacial score (nSPS) is 21.6. The predicted molar refractivity (Wildman–Crippen MR) is 225 cm³/mol. The van der Waals surface area contributed by atoms with E-state index in [-0.39, 0.29) is 53.9 Å². The quantitative estimate of drug-likeness (QED) is 0.121. The number of aliphatic hydroxyl groups excluding tert-OH is 1. The molecule has 53 heavy (non-hydrogen) atoms. The van der Waals surface area contributed by atoms with Gasteiger partial charge in [-0.25, -0.2) is 0 Å². The third kappa shape index (κ3) is 8.97. The zero-order chi connectivity index (χ0) is 38.2. The molecule has 7 heteroatoms. The van der Waals surface area contributed by atoms with Gasteiger partial charge in [-0.15, -0.1) is 52.4 Å². The summed E-state index contributed by atoms with van der Waals surface area (Å²) < 4.78 is 1.45. The summed E-state index contributed by atoms with van der Waals surface area (Å²) in [6, 6.07) is 14.2. The summed E-state index contributed by atoms with van der Waals surface area (Å²) >= 11 is 4.08. The third-order valence-corrected chi connectivity index (χ3v) is 15.4. The van der Waals surface area contributed by atoms with Gasteiger partial charge in [0.2, 0.25) is 0 Å². The number of hydrogen-bond donors (Lipinski definition) is 2. The van der Waals surface area contributed by atoms with Gasteiger partial charge in [-0.3, -0.25) is 4.79 Å². The number of hydrogen-bond acceptors (Lipinski definition) is 5. The minimum atomic E-state index is -0.337. The molecular formula is C46H64IrN2O2S2-2. The van der Waals surface area contributed by atoms with E-state index in [0.717, 1.165) is 38.8 Å². The summed E-state index contributed by atoms with van der Waals surface area (Å²) in [4.78, 5) is 15.2. The number of allylic oxidation sites excluding steroid dienone is 2. The van der Waals surface area contributed by atoms with Crippen LogP contribution in [0.15, 0.2) is 58.7 Å². The van der Waals surface area contributed by atoms with E-state index in [4.69, 9.17) is 5.32 Å². The van der Waals surface area contributed by atoms with E-state index in [1.54, 1.807) is 4.88 Å². The second-order valence-corrected chi connectivity index (χ2v) is 19.8. The molecular weight excluding hydrogens is 869 g/mol.